The molecule has 0 fully saturated rings. The lowest BCUT2D eigenvalue weighted by molar-refractivity contribution is -0.110. The van der Waals surface area contributed by atoms with Crippen molar-refractivity contribution in [2.24, 2.45) is 5.10 Å². The Hall–Kier alpha value is -3.40. The van der Waals surface area contributed by atoms with Crippen molar-refractivity contribution < 1.29 is 4.79 Å². The Morgan fingerprint density at radius 2 is 1.44 bits per heavy atom. The third kappa shape index (κ3) is 2.90. The number of anilines is 3. The van der Waals surface area contributed by atoms with Gasteiger partial charge in [-0.3, -0.25) is 4.79 Å². The number of carbonyl (C=O) groups is 1. The van der Waals surface area contributed by atoms with Crippen molar-refractivity contribution in [1.82, 2.24) is 0 Å². The standard InChI is InChI=1S/C21H17N3O/c1-15-12-13-19-18(14-15)20(21(25)22-19)23-24(16-8-4-2-5-9-16)17-10-6-3-7-11-17/h2-14H,1H3,(H,22,23,25). The van der Waals surface area contributed by atoms with Gasteiger partial charge in [0.05, 0.1) is 17.1 Å². The molecule has 0 radical (unpaired) electrons. The van der Waals surface area contributed by atoms with Gasteiger partial charge in [-0.05, 0) is 43.3 Å². The first-order valence-corrected chi connectivity index (χ1v) is 8.13. The predicted molar refractivity (Wildman–Crippen MR) is 101 cm³/mol. The molecular weight excluding hydrogens is 310 g/mol. The van der Waals surface area contributed by atoms with Crippen LogP contribution in [0.25, 0.3) is 0 Å². The van der Waals surface area contributed by atoms with E-state index in [1.54, 1.807) is 5.01 Å². The van der Waals surface area contributed by atoms with Crippen LogP contribution >= 0.6 is 0 Å². The number of hydrogen-bond donors (Lipinski definition) is 1. The molecule has 0 bridgehead atoms. The molecule has 25 heavy (non-hydrogen) atoms. The molecule has 4 heteroatoms. The summed E-state index contributed by atoms with van der Waals surface area (Å²) < 4.78 is 0. The second kappa shape index (κ2) is 6.24. The molecule has 1 aliphatic rings. The summed E-state index contributed by atoms with van der Waals surface area (Å²) >= 11 is 0. The Labute approximate surface area is 146 Å². The summed E-state index contributed by atoms with van der Waals surface area (Å²) in [6.07, 6.45) is 0. The van der Waals surface area contributed by atoms with Crippen molar-refractivity contribution >= 4 is 28.7 Å². The number of benzene rings is 3. The van der Waals surface area contributed by atoms with E-state index in [4.69, 9.17) is 5.10 Å². The minimum absolute atomic E-state index is 0.183. The molecular formula is C21H17N3O. The average molecular weight is 327 g/mol. The molecule has 0 saturated carbocycles. The highest BCUT2D eigenvalue weighted by molar-refractivity contribution is 6.54. The third-order valence-corrected chi connectivity index (χ3v) is 4.09. The first kappa shape index (κ1) is 15.1. The number of para-hydroxylation sites is 2. The van der Waals surface area contributed by atoms with Gasteiger partial charge in [0.1, 0.15) is 0 Å². The summed E-state index contributed by atoms with van der Waals surface area (Å²) in [4.78, 5) is 12.5. The predicted octanol–water partition coefficient (Wildman–Crippen LogP) is 4.49. The van der Waals surface area contributed by atoms with Crippen molar-refractivity contribution in [3.05, 3.63) is 90.0 Å². The van der Waals surface area contributed by atoms with Gasteiger partial charge in [0.2, 0.25) is 0 Å². The minimum Gasteiger partial charge on any atom is -0.320 e. The number of nitrogens with one attached hydrogen (secondary N) is 1. The van der Waals surface area contributed by atoms with Crippen LogP contribution in [0.15, 0.2) is 84.0 Å². The zero-order valence-corrected chi connectivity index (χ0v) is 13.8. The van der Waals surface area contributed by atoms with E-state index >= 15 is 0 Å². The fourth-order valence-corrected chi connectivity index (χ4v) is 2.87. The van der Waals surface area contributed by atoms with E-state index < -0.39 is 0 Å². The summed E-state index contributed by atoms with van der Waals surface area (Å²) in [5.41, 5.74) is 4.95. The van der Waals surface area contributed by atoms with Gasteiger partial charge in [0, 0.05) is 5.56 Å². The van der Waals surface area contributed by atoms with Crippen LogP contribution in [0.5, 0.6) is 0 Å². The number of carbonyl (C=O) groups excluding carboxylic acids is 1. The lowest BCUT2D eigenvalue weighted by Gasteiger charge is -2.20. The lowest BCUT2D eigenvalue weighted by Crippen LogP contribution is -2.20. The Morgan fingerprint density at radius 1 is 0.840 bits per heavy atom. The van der Waals surface area contributed by atoms with Crippen molar-refractivity contribution in [1.29, 1.82) is 0 Å². The van der Waals surface area contributed by atoms with Crippen molar-refractivity contribution in [2.45, 2.75) is 6.92 Å². The molecule has 0 atom stereocenters. The topological polar surface area (TPSA) is 44.7 Å². The monoisotopic (exact) mass is 327 g/mol. The van der Waals surface area contributed by atoms with Crippen molar-refractivity contribution in [3.8, 4) is 0 Å². The van der Waals surface area contributed by atoms with Crippen LogP contribution in [-0.4, -0.2) is 11.6 Å². The van der Waals surface area contributed by atoms with Gasteiger partial charge in [-0.2, -0.15) is 5.10 Å². The summed E-state index contributed by atoms with van der Waals surface area (Å²) in [7, 11) is 0. The molecule has 0 saturated heterocycles. The fourth-order valence-electron chi connectivity index (χ4n) is 2.87. The smallest absolute Gasteiger partial charge is 0.276 e. The minimum atomic E-state index is -0.183. The molecule has 0 aliphatic carbocycles. The second-order valence-corrected chi connectivity index (χ2v) is 5.93. The zero-order valence-electron chi connectivity index (χ0n) is 13.8. The fraction of sp³-hybridized carbons (Fsp3) is 0.0476. The van der Waals surface area contributed by atoms with E-state index in [-0.39, 0.29) is 5.91 Å². The molecule has 0 spiro atoms. The first-order valence-electron chi connectivity index (χ1n) is 8.13. The molecule has 3 aromatic carbocycles. The van der Waals surface area contributed by atoms with Gasteiger partial charge in [-0.25, -0.2) is 5.01 Å². The second-order valence-electron chi connectivity index (χ2n) is 5.93. The van der Waals surface area contributed by atoms with Gasteiger partial charge in [0.25, 0.3) is 5.91 Å². The van der Waals surface area contributed by atoms with Gasteiger partial charge < -0.3 is 5.32 Å². The van der Waals surface area contributed by atoms with E-state index in [9.17, 15) is 4.79 Å². The van der Waals surface area contributed by atoms with Crippen molar-refractivity contribution in [2.75, 3.05) is 10.3 Å². The van der Waals surface area contributed by atoms with E-state index in [0.717, 1.165) is 28.2 Å². The maximum atomic E-state index is 12.5. The quantitative estimate of drug-likeness (QED) is 0.720. The number of hydrazone groups is 1. The molecule has 4 rings (SSSR count). The largest absolute Gasteiger partial charge is 0.320 e. The molecule has 1 N–H and O–H groups in total. The number of rotatable bonds is 3. The normalized spacial score (nSPS) is 14.3. The number of fused-ring (bicyclic) bond motifs is 1. The summed E-state index contributed by atoms with van der Waals surface area (Å²) in [5, 5.41) is 9.40. The molecule has 1 amide bonds. The van der Waals surface area contributed by atoms with E-state index in [0.29, 0.717) is 5.71 Å². The van der Waals surface area contributed by atoms with Crippen LogP contribution in [0.4, 0.5) is 17.1 Å². The summed E-state index contributed by atoms with van der Waals surface area (Å²) in [5.74, 6) is -0.183. The number of hydrogen-bond acceptors (Lipinski definition) is 3. The molecule has 0 unspecified atom stereocenters. The van der Waals surface area contributed by atoms with Gasteiger partial charge in [-0.15, -0.1) is 0 Å². The number of aryl methyl sites for hydroxylation is 1. The summed E-state index contributed by atoms with van der Waals surface area (Å²) in [6, 6.07) is 25.5. The van der Waals surface area contributed by atoms with Crippen LogP contribution in [0.1, 0.15) is 11.1 Å². The average Bonchev–Trinajstić information content (AvgIpc) is 2.95. The van der Waals surface area contributed by atoms with Gasteiger partial charge in [0.15, 0.2) is 5.71 Å². The van der Waals surface area contributed by atoms with Crippen molar-refractivity contribution in [3.63, 3.8) is 0 Å². The maximum Gasteiger partial charge on any atom is 0.276 e. The molecule has 1 aliphatic heterocycles. The molecule has 3 aromatic rings. The van der Waals surface area contributed by atoms with E-state index in [1.165, 1.54) is 0 Å². The van der Waals surface area contributed by atoms with Gasteiger partial charge in [-0.1, -0.05) is 48.0 Å². The van der Waals surface area contributed by atoms with Crippen LogP contribution in [0, 0.1) is 6.92 Å². The molecule has 1 heterocycles. The van der Waals surface area contributed by atoms with Crippen LogP contribution in [-0.2, 0) is 4.79 Å². The van der Waals surface area contributed by atoms with Crippen LogP contribution in [0.2, 0.25) is 0 Å². The third-order valence-electron chi connectivity index (χ3n) is 4.09. The first-order chi connectivity index (χ1) is 12.2. The molecule has 122 valence electrons. The maximum absolute atomic E-state index is 12.5. The Kier molecular flexibility index (Phi) is 3.78. The van der Waals surface area contributed by atoms with Crippen LogP contribution in [0.3, 0.4) is 0 Å². The highest BCUT2D eigenvalue weighted by Gasteiger charge is 2.27. The van der Waals surface area contributed by atoms with Gasteiger partial charge >= 0.3 is 0 Å². The van der Waals surface area contributed by atoms with Crippen LogP contribution < -0.4 is 10.3 Å². The van der Waals surface area contributed by atoms with E-state index in [2.05, 4.69) is 5.32 Å². The zero-order chi connectivity index (χ0) is 17.2. The molecule has 4 nitrogen and oxygen atoms in total. The Bertz CT molecular complexity index is 910. The highest BCUT2D eigenvalue weighted by atomic mass is 16.2. The van der Waals surface area contributed by atoms with E-state index in [1.807, 2.05) is 85.8 Å². The lowest BCUT2D eigenvalue weighted by atomic mass is 10.1. The number of nitrogens with zero attached hydrogens (tertiary/aromatic N) is 2. The summed E-state index contributed by atoms with van der Waals surface area (Å²) in [6.45, 7) is 2.01. The Morgan fingerprint density at radius 3 is 2.04 bits per heavy atom. The number of amides is 1. The SMILES string of the molecule is Cc1ccc2c(c1)/C(=N/N(c1ccccc1)c1ccccc1)C(=O)N2. The molecule has 0 aromatic heterocycles. The highest BCUT2D eigenvalue weighted by Crippen LogP contribution is 2.29. The Balaban J connectivity index is 1.86.